The molecule has 1 aromatic carbocycles. The molecule has 3 N–H and O–H groups in total. The zero-order valence-electron chi connectivity index (χ0n) is 23.4. The Bertz CT molecular complexity index is 1980. The third-order valence-electron chi connectivity index (χ3n) is 6.79. The van der Waals surface area contributed by atoms with Gasteiger partial charge in [-0.3, -0.25) is 4.68 Å². The summed E-state index contributed by atoms with van der Waals surface area (Å²) in [6, 6.07) is 12.0. The molecule has 0 amide bonds. The van der Waals surface area contributed by atoms with E-state index in [1.807, 2.05) is 20.8 Å². The maximum Gasteiger partial charge on any atom is 0.295 e. The monoisotopic (exact) mass is 591 g/mol. The first-order valence-electron chi connectivity index (χ1n) is 12.8. The molecule has 216 valence electrons. The van der Waals surface area contributed by atoms with Gasteiger partial charge in [0, 0.05) is 30.6 Å². The van der Waals surface area contributed by atoms with Crippen molar-refractivity contribution in [2.45, 2.75) is 38.0 Å². The van der Waals surface area contributed by atoms with Crippen LogP contribution in [0.15, 0.2) is 47.5 Å². The average Bonchev–Trinajstić information content (AvgIpc) is 3.51. The Kier molecular flexibility index (Phi) is 7.38. The van der Waals surface area contributed by atoms with Gasteiger partial charge in [0.05, 0.1) is 22.5 Å². The number of sulfone groups is 1. The Hall–Kier alpha value is -4.90. The molecule has 0 atom stereocenters. The number of aromatic amines is 1. The number of alkyl halides is 2. The third-order valence-corrected chi connectivity index (χ3v) is 7.92. The summed E-state index contributed by atoms with van der Waals surface area (Å²) in [4.78, 5) is 15.3. The molecule has 0 unspecified atom stereocenters. The first-order valence-corrected chi connectivity index (χ1v) is 14.7. The molecule has 4 heterocycles. The minimum Gasteiger partial charge on any atom is -0.352 e. The van der Waals surface area contributed by atoms with Crippen molar-refractivity contribution in [3.8, 4) is 17.2 Å². The lowest BCUT2D eigenvalue weighted by atomic mass is 10.0. The summed E-state index contributed by atoms with van der Waals surface area (Å²) in [5.41, 5.74) is 3.87. The highest BCUT2D eigenvalue weighted by molar-refractivity contribution is 7.90. The van der Waals surface area contributed by atoms with Crippen LogP contribution in [-0.4, -0.2) is 44.4 Å². The summed E-state index contributed by atoms with van der Waals surface area (Å²) in [5, 5.41) is 19.9. The Balaban J connectivity index is 1.60. The number of aryl methyl sites for hydroxylation is 1. The third kappa shape index (κ3) is 5.51. The maximum atomic E-state index is 13.6. The molecular formula is C28H27F2N9O2S. The number of rotatable bonds is 8. The van der Waals surface area contributed by atoms with Crippen molar-refractivity contribution >= 4 is 44.0 Å². The van der Waals surface area contributed by atoms with E-state index in [0.717, 1.165) is 23.1 Å². The summed E-state index contributed by atoms with van der Waals surface area (Å²) >= 11 is 0. The number of fused-ring (bicyclic) bond motifs is 1. The molecule has 0 bridgehead atoms. The number of nitriles is 1. The maximum absolute atomic E-state index is 13.6. The van der Waals surface area contributed by atoms with Gasteiger partial charge in [-0.2, -0.15) is 10.4 Å². The number of H-pyrrole nitrogens is 1. The molecule has 0 radical (unpaired) electrons. The second-order valence-electron chi connectivity index (χ2n) is 10.1. The zero-order chi connectivity index (χ0) is 30.3. The van der Waals surface area contributed by atoms with Crippen molar-refractivity contribution in [1.82, 2.24) is 29.7 Å². The number of imidazole rings is 1. The van der Waals surface area contributed by atoms with Crippen molar-refractivity contribution in [2.24, 2.45) is 7.05 Å². The Morgan fingerprint density at radius 1 is 1.02 bits per heavy atom. The fourth-order valence-electron chi connectivity index (χ4n) is 4.52. The van der Waals surface area contributed by atoms with Crippen LogP contribution in [0.1, 0.15) is 49.0 Å². The number of hydrogen-bond donors (Lipinski definition) is 3. The molecule has 11 nitrogen and oxygen atoms in total. The van der Waals surface area contributed by atoms with E-state index in [0.29, 0.717) is 11.4 Å². The van der Waals surface area contributed by atoms with Crippen molar-refractivity contribution in [1.29, 1.82) is 5.26 Å². The lowest BCUT2D eigenvalue weighted by molar-refractivity contribution is 0.142. The largest absolute Gasteiger partial charge is 0.352 e. The summed E-state index contributed by atoms with van der Waals surface area (Å²) in [6.45, 7) is 5.78. The van der Waals surface area contributed by atoms with Crippen LogP contribution in [0.25, 0.3) is 22.3 Å². The van der Waals surface area contributed by atoms with Crippen molar-refractivity contribution in [3.63, 3.8) is 0 Å². The average molecular weight is 592 g/mol. The topological polar surface area (TPSA) is 154 Å². The lowest BCUT2D eigenvalue weighted by Crippen LogP contribution is -2.05. The minimum absolute atomic E-state index is 0.00283. The first kappa shape index (κ1) is 28.6. The molecule has 42 heavy (non-hydrogen) atoms. The molecule has 0 aliphatic rings. The number of nitrogens with one attached hydrogen (secondary N) is 3. The van der Waals surface area contributed by atoms with Gasteiger partial charge in [0.25, 0.3) is 6.43 Å². The van der Waals surface area contributed by atoms with Crippen LogP contribution < -0.4 is 10.6 Å². The first-order chi connectivity index (χ1) is 19.8. The zero-order valence-corrected chi connectivity index (χ0v) is 24.2. The summed E-state index contributed by atoms with van der Waals surface area (Å²) in [7, 11) is -1.95. The van der Waals surface area contributed by atoms with Gasteiger partial charge in [-0.05, 0) is 42.2 Å². The molecule has 0 spiro atoms. The second-order valence-corrected chi connectivity index (χ2v) is 12.1. The molecule has 5 rings (SSSR count). The van der Waals surface area contributed by atoms with Crippen LogP contribution in [0.3, 0.4) is 0 Å². The van der Waals surface area contributed by atoms with Crippen LogP contribution in [0.2, 0.25) is 0 Å². The Morgan fingerprint density at radius 2 is 1.79 bits per heavy atom. The van der Waals surface area contributed by atoms with E-state index in [2.05, 4.69) is 41.7 Å². The van der Waals surface area contributed by atoms with Gasteiger partial charge in [0.15, 0.2) is 21.3 Å². The Labute approximate surface area is 240 Å². The fraction of sp³-hybridized carbons (Fsp3) is 0.250. The molecule has 0 aliphatic heterocycles. The van der Waals surface area contributed by atoms with Crippen LogP contribution in [0.5, 0.6) is 0 Å². The van der Waals surface area contributed by atoms with Gasteiger partial charge in [-0.15, -0.1) is 0 Å². The molecule has 0 saturated carbocycles. The minimum atomic E-state index is -3.74. The smallest absolute Gasteiger partial charge is 0.295 e. The number of pyridine rings is 2. The molecule has 0 fully saturated rings. The van der Waals surface area contributed by atoms with Crippen molar-refractivity contribution in [2.75, 3.05) is 16.9 Å². The van der Waals surface area contributed by atoms with Gasteiger partial charge in [0.2, 0.25) is 0 Å². The van der Waals surface area contributed by atoms with Crippen LogP contribution in [0.4, 0.5) is 31.8 Å². The van der Waals surface area contributed by atoms with Gasteiger partial charge in [-0.25, -0.2) is 32.2 Å². The molecule has 4 aromatic heterocycles. The number of nitrogens with zero attached hydrogens (tertiary/aromatic N) is 6. The molecular weight excluding hydrogens is 564 g/mol. The van der Waals surface area contributed by atoms with Crippen molar-refractivity contribution < 1.29 is 17.2 Å². The van der Waals surface area contributed by atoms with Crippen molar-refractivity contribution in [3.05, 3.63) is 65.4 Å². The highest BCUT2D eigenvalue weighted by Gasteiger charge is 2.21. The summed E-state index contributed by atoms with van der Waals surface area (Å²) in [6.07, 6.45) is -0.144. The molecule has 14 heteroatoms. The van der Waals surface area contributed by atoms with Gasteiger partial charge >= 0.3 is 0 Å². The number of hydrogen-bond acceptors (Lipinski definition) is 9. The predicted octanol–water partition coefficient (Wildman–Crippen LogP) is 5.89. The van der Waals surface area contributed by atoms with E-state index in [9.17, 15) is 22.5 Å². The number of anilines is 4. The quantitative estimate of drug-likeness (QED) is 0.200. The van der Waals surface area contributed by atoms with E-state index in [4.69, 9.17) is 0 Å². The standard InChI is InChI=1S/C28H27F2N9O2S/c1-14(2)17-7-9-23(34-21(17)12-31)35-24-11-20(25-27(36-24)38-28(37-25)26(29)30)33-19-8-6-16(10-22(19)42(5,40)41)18-13-32-39(4)15(18)3/h6-11,13-14,26H,1-5H3,(H3,33,34,35,36,37,38). The second kappa shape index (κ2) is 10.8. The molecule has 5 aromatic rings. The molecule has 0 aliphatic carbocycles. The lowest BCUT2D eigenvalue weighted by Gasteiger charge is -2.15. The number of aromatic nitrogens is 6. The van der Waals surface area contributed by atoms with Gasteiger partial charge < -0.3 is 15.6 Å². The van der Waals surface area contributed by atoms with Gasteiger partial charge in [0.1, 0.15) is 28.9 Å². The van der Waals surface area contributed by atoms with Crippen LogP contribution >= 0.6 is 0 Å². The van der Waals surface area contributed by atoms with E-state index in [1.165, 1.54) is 12.1 Å². The molecule has 0 saturated heterocycles. The predicted molar refractivity (Wildman–Crippen MR) is 155 cm³/mol. The summed E-state index contributed by atoms with van der Waals surface area (Å²) in [5.74, 6) is 0.0124. The normalized spacial score (nSPS) is 11.8. The highest BCUT2D eigenvalue weighted by Crippen LogP contribution is 2.35. The van der Waals surface area contributed by atoms with E-state index >= 15 is 0 Å². The fourth-order valence-corrected chi connectivity index (χ4v) is 5.38. The van der Waals surface area contributed by atoms with E-state index < -0.39 is 22.1 Å². The highest BCUT2D eigenvalue weighted by atomic mass is 32.2. The van der Waals surface area contributed by atoms with E-state index in [-0.39, 0.29) is 44.9 Å². The number of halogens is 2. The summed E-state index contributed by atoms with van der Waals surface area (Å²) < 4.78 is 54.6. The SMILES string of the molecule is Cc1c(-c2ccc(Nc3cc(Nc4ccc(C(C)C)c(C#N)n4)nc4[nH]c(C(F)F)nc34)c(S(C)(=O)=O)c2)cnn1C. The van der Waals surface area contributed by atoms with Gasteiger partial charge in [-0.1, -0.05) is 26.0 Å². The van der Waals surface area contributed by atoms with E-state index in [1.54, 1.807) is 42.2 Å². The van der Waals surface area contributed by atoms with Crippen LogP contribution in [-0.2, 0) is 16.9 Å². The number of benzene rings is 1. The van der Waals surface area contributed by atoms with Crippen LogP contribution in [0, 0.1) is 18.3 Å². The Morgan fingerprint density at radius 3 is 2.40 bits per heavy atom.